The van der Waals surface area contributed by atoms with Crippen LogP contribution in [0.3, 0.4) is 0 Å². The molecule has 0 N–H and O–H groups in total. The van der Waals surface area contributed by atoms with Gasteiger partial charge in [-0.1, -0.05) is 52.3 Å². The van der Waals surface area contributed by atoms with Gasteiger partial charge in [0.25, 0.3) is 0 Å². The van der Waals surface area contributed by atoms with E-state index in [9.17, 15) is 0 Å². The molecule has 0 radical (unpaired) electrons. The molecule has 0 unspecified atom stereocenters. The fraction of sp³-hybridized carbons (Fsp3) is 0.600. The highest BCUT2D eigenvalue weighted by Gasteiger charge is 2.18. The van der Waals surface area contributed by atoms with Crippen LogP contribution in [0.1, 0.15) is 57.2 Å². The average molecular weight is 204 g/mol. The monoisotopic (exact) mass is 204 g/mol. The first-order valence-corrected chi connectivity index (χ1v) is 6.05. The summed E-state index contributed by atoms with van der Waals surface area (Å²) < 4.78 is 0. The predicted molar refractivity (Wildman–Crippen MR) is 68.5 cm³/mol. The molecule has 0 spiro atoms. The molecule has 0 aliphatic heterocycles. The van der Waals surface area contributed by atoms with Crippen LogP contribution in [0, 0.1) is 6.92 Å². The lowest BCUT2D eigenvalue weighted by Gasteiger charge is -2.24. The summed E-state index contributed by atoms with van der Waals surface area (Å²) in [4.78, 5) is 0. The maximum atomic E-state index is 2.30. The first-order valence-electron chi connectivity index (χ1n) is 6.05. The summed E-state index contributed by atoms with van der Waals surface area (Å²) in [5.74, 6) is 0. The quantitative estimate of drug-likeness (QED) is 0.673. The molecule has 0 aliphatic carbocycles. The van der Waals surface area contributed by atoms with Gasteiger partial charge >= 0.3 is 0 Å². The molecule has 0 saturated carbocycles. The van der Waals surface area contributed by atoms with Crippen LogP contribution < -0.4 is 0 Å². The second-order valence-corrected chi connectivity index (χ2v) is 5.45. The Bertz CT molecular complexity index is 315. The molecular formula is C15H24. The van der Waals surface area contributed by atoms with Crippen LogP contribution >= 0.6 is 0 Å². The van der Waals surface area contributed by atoms with Crippen molar-refractivity contribution in [2.24, 2.45) is 0 Å². The van der Waals surface area contributed by atoms with Crippen molar-refractivity contribution in [2.45, 2.75) is 59.3 Å². The van der Waals surface area contributed by atoms with E-state index < -0.39 is 0 Å². The molecule has 0 heteroatoms. The molecule has 15 heavy (non-hydrogen) atoms. The number of rotatable bonds is 3. The van der Waals surface area contributed by atoms with Crippen molar-refractivity contribution in [3.8, 4) is 0 Å². The third-order valence-corrected chi connectivity index (χ3v) is 3.00. The van der Waals surface area contributed by atoms with Gasteiger partial charge in [-0.3, -0.25) is 0 Å². The predicted octanol–water partition coefficient (Wildman–Crippen LogP) is 4.64. The Morgan fingerprint density at radius 2 is 1.80 bits per heavy atom. The summed E-state index contributed by atoms with van der Waals surface area (Å²) in [5.41, 5.74) is 4.83. The number of unbranched alkanes of at least 4 members (excludes halogenated alkanes) is 1. The molecule has 0 heterocycles. The van der Waals surface area contributed by atoms with Crippen LogP contribution in [-0.2, 0) is 11.8 Å². The van der Waals surface area contributed by atoms with E-state index in [0.29, 0.717) is 0 Å². The molecule has 1 rings (SSSR count). The fourth-order valence-electron chi connectivity index (χ4n) is 2.09. The van der Waals surface area contributed by atoms with Gasteiger partial charge in [0.15, 0.2) is 0 Å². The highest BCUT2D eigenvalue weighted by Crippen LogP contribution is 2.28. The summed E-state index contributed by atoms with van der Waals surface area (Å²) in [6.45, 7) is 11.4. The van der Waals surface area contributed by atoms with Crippen LogP contribution in [0.25, 0.3) is 0 Å². The molecule has 0 fully saturated rings. The molecule has 0 saturated heterocycles. The minimum absolute atomic E-state index is 0.273. The van der Waals surface area contributed by atoms with Crippen LogP contribution in [0.15, 0.2) is 18.2 Å². The van der Waals surface area contributed by atoms with Gasteiger partial charge in [-0.05, 0) is 41.9 Å². The zero-order valence-electron chi connectivity index (χ0n) is 10.9. The Balaban J connectivity index is 3.09. The fourth-order valence-corrected chi connectivity index (χ4v) is 2.09. The zero-order valence-corrected chi connectivity index (χ0v) is 10.9. The molecule has 0 aliphatic rings. The number of benzene rings is 1. The minimum Gasteiger partial charge on any atom is -0.0654 e. The Morgan fingerprint density at radius 3 is 2.33 bits per heavy atom. The smallest absolute Gasteiger partial charge is 0.0129 e. The van der Waals surface area contributed by atoms with Gasteiger partial charge in [0, 0.05) is 0 Å². The molecule has 1 aromatic rings. The average Bonchev–Trinajstić information content (AvgIpc) is 2.14. The van der Waals surface area contributed by atoms with Gasteiger partial charge in [0.1, 0.15) is 0 Å². The standard InChI is InChI=1S/C15H24/c1-6-7-10-13-12(2)9-8-11-14(13)15(3,4)5/h8-9,11H,6-7,10H2,1-5H3. The van der Waals surface area contributed by atoms with Crippen molar-refractivity contribution < 1.29 is 0 Å². The van der Waals surface area contributed by atoms with Gasteiger partial charge in [0.2, 0.25) is 0 Å². The molecule has 1 aromatic carbocycles. The molecule has 0 bridgehead atoms. The van der Waals surface area contributed by atoms with Gasteiger partial charge in [-0.2, -0.15) is 0 Å². The van der Waals surface area contributed by atoms with Crippen molar-refractivity contribution in [2.75, 3.05) is 0 Å². The molecule has 0 aromatic heterocycles. The molecule has 0 amide bonds. The Labute approximate surface area is 94.7 Å². The summed E-state index contributed by atoms with van der Waals surface area (Å²) in [5, 5.41) is 0. The van der Waals surface area contributed by atoms with Gasteiger partial charge < -0.3 is 0 Å². The Kier molecular flexibility index (Phi) is 3.96. The lowest BCUT2D eigenvalue weighted by atomic mass is 9.81. The maximum absolute atomic E-state index is 2.30. The second-order valence-electron chi connectivity index (χ2n) is 5.45. The lowest BCUT2D eigenvalue weighted by molar-refractivity contribution is 0.578. The zero-order chi connectivity index (χ0) is 11.5. The molecule has 0 atom stereocenters. The van der Waals surface area contributed by atoms with E-state index >= 15 is 0 Å². The van der Waals surface area contributed by atoms with Crippen molar-refractivity contribution in [3.05, 3.63) is 34.9 Å². The van der Waals surface area contributed by atoms with E-state index in [1.807, 2.05) is 0 Å². The van der Waals surface area contributed by atoms with E-state index in [1.165, 1.54) is 30.4 Å². The summed E-state index contributed by atoms with van der Waals surface area (Å²) >= 11 is 0. The minimum atomic E-state index is 0.273. The van der Waals surface area contributed by atoms with Gasteiger partial charge in [0.05, 0.1) is 0 Å². The van der Waals surface area contributed by atoms with E-state index in [0.717, 1.165) is 0 Å². The highest BCUT2D eigenvalue weighted by molar-refractivity contribution is 5.38. The molecular weight excluding hydrogens is 180 g/mol. The normalized spacial score (nSPS) is 11.8. The van der Waals surface area contributed by atoms with E-state index in [1.54, 1.807) is 5.56 Å². The maximum Gasteiger partial charge on any atom is -0.0129 e. The van der Waals surface area contributed by atoms with Crippen LogP contribution in [-0.4, -0.2) is 0 Å². The Hall–Kier alpha value is -0.780. The summed E-state index contributed by atoms with van der Waals surface area (Å²) in [6.07, 6.45) is 3.81. The first-order chi connectivity index (χ1) is 6.96. The second kappa shape index (κ2) is 4.83. The lowest BCUT2D eigenvalue weighted by Crippen LogP contribution is -2.15. The van der Waals surface area contributed by atoms with E-state index in [4.69, 9.17) is 0 Å². The largest absolute Gasteiger partial charge is 0.0654 e. The van der Waals surface area contributed by atoms with E-state index in [-0.39, 0.29) is 5.41 Å². The highest BCUT2D eigenvalue weighted by atomic mass is 14.2. The van der Waals surface area contributed by atoms with Crippen molar-refractivity contribution >= 4 is 0 Å². The Morgan fingerprint density at radius 1 is 1.13 bits per heavy atom. The third-order valence-electron chi connectivity index (χ3n) is 3.00. The van der Waals surface area contributed by atoms with Crippen molar-refractivity contribution in [3.63, 3.8) is 0 Å². The summed E-state index contributed by atoms with van der Waals surface area (Å²) in [7, 11) is 0. The van der Waals surface area contributed by atoms with Gasteiger partial charge in [-0.25, -0.2) is 0 Å². The van der Waals surface area contributed by atoms with Crippen molar-refractivity contribution in [1.29, 1.82) is 0 Å². The molecule has 0 nitrogen and oxygen atoms in total. The third kappa shape index (κ3) is 3.09. The van der Waals surface area contributed by atoms with Crippen LogP contribution in [0.2, 0.25) is 0 Å². The number of aryl methyl sites for hydroxylation is 1. The summed E-state index contributed by atoms with van der Waals surface area (Å²) in [6, 6.07) is 6.71. The topological polar surface area (TPSA) is 0 Å². The van der Waals surface area contributed by atoms with E-state index in [2.05, 4.69) is 52.8 Å². The molecule has 84 valence electrons. The first kappa shape index (κ1) is 12.3. The van der Waals surface area contributed by atoms with Crippen LogP contribution in [0.5, 0.6) is 0 Å². The van der Waals surface area contributed by atoms with Gasteiger partial charge in [-0.15, -0.1) is 0 Å². The van der Waals surface area contributed by atoms with Crippen LogP contribution in [0.4, 0.5) is 0 Å². The number of hydrogen-bond acceptors (Lipinski definition) is 0. The number of hydrogen-bond donors (Lipinski definition) is 0. The SMILES string of the molecule is CCCCc1c(C)cccc1C(C)(C)C. The van der Waals surface area contributed by atoms with Crippen molar-refractivity contribution in [1.82, 2.24) is 0 Å².